The molecule has 0 aliphatic heterocycles. The summed E-state index contributed by atoms with van der Waals surface area (Å²) >= 11 is 0. The molecule has 0 unspecified atom stereocenters. The summed E-state index contributed by atoms with van der Waals surface area (Å²) in [5, 5.41) is 6.51. The third kappa shape index (κ3) is 6.61. The monoisotopic (exact) mass is 456 g/mol. The van der Waals surface area contributed by atoms with Gasteiger partial charge in [0.15, 0.2) is 5.96 Å². The number of nitrogens with one attached hydrogen (secondary N) is 2. The lowest BCUT2D eigenvalue weighted by atomic mass is 9.84. The van der Waals surface area contributed by atoms with Crippen molar-refractivity contribution < 1.29 is 4.39 Å². The first-order valence-corrected chi connectivity index (χ1v) is 8.20. The summed E-state index contributed by atoms with van der Waals surface area (Å²) in [5.74, 6) is 0.521. The fourth-order valence-corrected chi connectivity index (χ4v) is 2.40. The summed E-state index contributed by atoms with van der Waals surface area (Å²) in [5.41, 5.74) is 1.24. The lowest BCUT2D eigenvalue weighted by Crippen LogP contribution is -2.43. The Bertz CT molecular complexity index is 674. The molecule has 0 amide bonds. The summed E-state index contributed by atoms with van der Waals surface area (Å²) in [6.07, 6.45) is 1.76. The third-order valence-corrected chi connectivity index (χ3v) is 3.77. The lowest BCUT2D eigenvalue weighted by molar-refractivity contribution is 0.473. The molecule has 0 fully saturated rings. The van der Waals surface area contributed by atoms with E-state index in [9.17, 15) is 4.39 Å². The largest absolute Gasteiger partial charge is 0.357 e. The molecule has 4 nitrogen and oxygen atoms in total. The molecule has 2 N–H and O–H groups in total. The van der Waals surface area contributed by atoms with Crippen LogP contribution in [0.5, 0.6) is 0 Å². The predicted octanol–water partition coefficient (Wildman–Crippen LogP) is 3.87. The van der Waals surface area contributed by atoms with Gasteiger partial charge in [-0.3, -0.25) is 4.98 Å². The van der Waals surface area contributed by atoms with Gasteiger partial charge in [0.25, 0.3) is 0 Å². The van der Waals surface area contributed by atoms with Crippen LogP contribution in [0.3, 0.4) is 0 Å². The van der Waals surface area contributed by atoms with Crippen molar-refractivity contribution in [2.24, 2.45) is 4.99 Å². The highest BCUT2D eigenvalue weighted by Gasteiger charge is 2.24. The van der Waals surface area contributed by atoms with Crippen LogP contribution >= 0.6 is 24.0 Å². The number of hydrogen-bond acceptors (Lipinski definition) is 2. The Morgan fingerprint density at radius 3 is 2.48 bits per heavy atom. The molecule has 2 aromatic rings. The normalized spacial score (nSPS) is 11.6. The van der Waals surface area contributed by atoms with Crippen molar-refractivity contribution in [3.63, 3.8) is 0 Å². The van der Waals surface area contributed by atoms with Crippen LogP contribution in [0.1, 0.15) is 32.0 Å². The van der Waals surface area contributed by atoms with Crippen LogP contribution in [0.25, 0.3) is 0 Å². The van der Waals surface area contributed by atoms with Crippen molar-refractivity contribution in [3.8, 4) is 0 Å². The van der Waals surface area contributed by atoms with E-state index in [1.165, 1.54) is 6.07 Å². The highest BCUT2D eigenvalue weighted by molar-refractivity contribution is 14.0. The molecule has 0 spiro atoms. The average Bonchev–Trinajstić information content (AvgIpc) is 2.58. The van der Waals surface area contributed by atoms with Gasteiger partial charge in [-0.2, -0.15) is 0 Å². The van der Waals surface area contributed by atoms with Gasteiger partial charge in [0.1, 0.15) is 5.82 Å². The first kappa shape index (κ1) is 21.3. The average molecular weight is 456 g/mol. The molecular formula is C19H26FIN4. The number of hydrogen-bond donors (Lipinski definition) is 2. The minimum atomic E-state index is -0.355. The van der Waals surface area contributed by atoms with Gasteiger partial charge in [-0.05, 0) is 30.7 Å². The van der Waals surface area contributed by atoms with Crippen LogP contribution in [0.15, 0.2) is 53.7 Å². The lowest BCUT2D eigenvalue weighted by Gasteiger charge is -2.27. The molecule has 0 bridgehead atoms. The SMILES string of the molecule is CCNC(=NCc1ccccn1)NCC(C)(C)c1ccccc1F.I. The van der Waals surface area contributed by atoms with Crippen molar-refractivity contribution in [3.05, 3.63) is 65.7 Å². The molecule has 0 radical (unpaired) electrons. The second-order valence-corrected chi connectivity index (χ2v) is 6.23. The Balaban J connectivity index is 0.00000312. The van der Waals surface area contributed by atoms with E-state index in [0.717, 1.165) is 12.2 Å². The van der Waals surface area contributed by atoms with E-state index in [1.807, 2.05) is 51.1 Å². The van der Waals surface area contributed by atoms with Crippen LogP contribution in [0.2, 0.25) is 0 Å². The number of halogens is 2. The molecule has 1 aromatic carbocycles. The maximum absolute atomic E-state index is 14.0. The summed E-state index contributed by atoms with van der Waals surface area (Å²) in [7, 11) is 0. The molecule has 0 aliphatic rings. The third-order valence-electron chi connectivity index (χ3n) is 3.77. The van der Waals surface area contributed by atoms with Gasteiger partial charge < -0.3 is 10.6 Å². The number of guanidine groups is 1. The number of aromatic nitrogens is 1. The van der Waals surface area contributed by atoms with E-state index >= 15 is 0 Å². The smallest absolute Gasteiger partial charge is 0.191 e. The number of nitrogens with zero attached hydrogens (tertiary/aromatic N) is 2. The molecule has 0 atom stereocenters. The van der Waals surface area contributed by atoms with Crippen LogP contribution < -0.4 is 10.6 Å². The van der Waals surface area contributed by atoms with Gasteiger partial charge in [0.05, 0.1) is 12.2 Å². The zero-order valence-corrected chi connectivity index (χ0v) is 17.3. The van der Waals surface area contributed by atoms with Gasteiger partial charge in [-0.15, -0.1) is 24.0 Å². The number of benzene rings is 1. The van der Waals surface area contributed by atoms with Crippen LogP contribution in [0.4, 0.5) is 4.39 Å². The van der Waals surface area contributed by atoms with E-state index in [1.54, 1.807) is 12.3 Å². The van der Waals surface area contributed by atoms with Crippen molar-refractivity contribution in [1.29, 1.82) is 0 Å². The Morgan fingerprint density at radius 2 is 1.84 bits per heavy atom. The van der Waals surface area contributed by atoms with E-state index in [2.05, 4.69) is 20.6 Å². The molecule has 136 valence electrons. The molecule has 6 heteroatoms. The highest BCUT2D eigenvalue weighted by atomic mass is 127. The van der Waals surface area contributed by atoms with Gasteiger partial charge in [-0.25, -0.2) is 9.38 Å². The van der Waals surface area contributed by atoms with Crippen molar-refractivity contribution in [1.82, 2.24) is 15.6 Å². The minimum absolute atomic E-state index is 0. The molecule has 0 saturated carbocycles. The maximum atomic E-state index is 14.0. The first-order valence-electron chi connectivity index (χ1n) is 8.20. The Labute approximate surface area is 166 Å². The number of aliphatic imine (C=N–C) groups is 1. The quantitative estimate of drug-likeness (QED) is 0.394. The molecule has 2 rings (SSSR count). The van der Waals surface area contributed by atoms with Crippen LogP contribution in [0, 0.1) is 5.82 Å². The minimum Gasteiger partial charge on any atom is -0.357 e. The summed E-state index contributed by atoms with van der Waals surface area (Å²) in [6.45, 7) is 7.87. The van der Waals surface area contributed by atoms with Crippen LogP contribution in [-0.2, 0) is 12.0 Å². The van der Waals surface area contributed by atoms with Crippen LogP contribution in [-0.4, -0.2) is 24.0 Å². The van der Waals surface area contributed by atoms with Crippen molar-refractivity contribution in [2.45, 2.75) is 32.7 Å². The van der Waals surface area contributed by atoms with E-state index < -0.39 is 0 Å². The fourth-order valence-electron chi connectivity index (χ4n) is 2.40. The summed E-state index contributed by atoms with van der Waals surface area (Å²) in [6, 6.07) is 12.7. The second-order valence-electron chi connectivity index (χ2n) is 6.23. The Kier molecular flexibility index (Phi) is 8.82. The topological polar surface area (TPSA) is 49.3 Å². The van der Waals surface area contributed by atoms with Gasteiger partial charge in [0.2, 0.25) is 0 Å². The van der Waals surface area contributed by atoms with Crippen molar-refractivity contribution >= 4 is 29.9 Å². The summed E-state index contributed by atoms with van der Waals surface area (Å²) < 4.78 is 14.0. The number of pyridine rings is 1. The molecule has 0 saturated heterocycles. The first-order chi connectivity index (χ1) is 11.5. The standard InChI is InChI=1S/C19H25FN4.HI/c1-4-21-18(23-13-15-9-7-8-12-22-15)24-14-19(2,3)16-10-5-6-11-17(16)20;/h5-12H,4,13-14H2,1-3H3,(H2,21,23,24);1H. The fraction of sp³-hybridized carbons (Fsp3) is 0.368. The molecule has 1 heterocycles. The zero-order chi connectivity index (χ0) is 17.4. The van der Waals surface area contributed by atoms with Gasteiger partial charge in [0, 0.05) is 24.7 Å². The van der Waals surface area contributed by atoms with E-state index in [0.29, 0.717) is 24.6 Å². The molecular weight excluding hydrogens is 430 g/mol. The summed E-state index contributed by atoms with van der Waals surface area (Å²) in [4.78, 5) is 8.81. The molecule has 1 aromatic heterocycles. The number of rotatable bonds is 6. The molecule has 0 aliphatic carbocycles. The Hall–Kier alpha value is -1.70. The molecule has 25 heavy (non-hydrogen) atoms. The maximum Gasteiger partial charge on any atom is 0.191 e. The van der Waals surface area contributed by atoms with Gasteiger partial charge in [-0.1, -0.05) is 38.1 Å². The second kappa shape index (κ2) is 10.3. The zero-order valence-electron chi connectivity index (χ0n) is 14.9. The van der Waals surface area contributed by atoms with E-state index in [4.69, 9.17) is 0 Å². The van der Waals surface area contributed by atoms with Gasteiger partial charge >= 0.3 is 0 Å². The Morgan fingerprint density at radius 1 is 1.12 bits per heavy atom. The van der Waals surface area contributed by atoms with Crippen molar-refractivity contribution in [2.75, 3.05) is 13.1 Å². The highest BCUT2D eigenvalue weighted by Crippen LogP contribution is 2.24. The van der Waals surface area contributed by atoms with E-state index in [-0.39, 0.29) is 35.2 Å². The predicted molar refractivity (Wildman–Crippen MR) is 112 cm³/mol.